The molecule has 7 nitrogen and oxygen atoms in total. The highest BCUT2D eigenvalue weighted by Gasteiger charge is 2.29. The van der Waals surface area contributed by atoms with Crippen LogP contribution in [0.15, 0.2) is 35.9 Å². The Morgan fingerprint density at radius 1 is 1.15 bits per heavy atom. The van der Waals surface area contributed by atoms with Gasteiger partial charge in [-0.3, -0.25) is 9.59 Å². The number of carbonyl (C=O) groups excluding carboxylic acids is 2. The Balaban J connectivity index is 1.43. The third-order valence-electron chi connectivity index (χ3n) is 6.70. The topological polar surface area (TPSA) is 79.3 Å². The van der Waals surface area contributed by atoms with Crippen LogP contribution in [0.1, 0.15) is 57.6 Å². The number of nitrogens with zero attached hydrogens (tertiary/aromatic N) is 3. The molecule has 0 radical (unpaired) electrons. The van der Waals surface area contributed by atoms with Crippen molar-refractivity contribution in [3.63, 3.8) is 0 Å². The molecule has 0 atom stereocenters. The molecular formula is C26H34ClN5O2. The van der Waals surface area contributed by atoms with Gasteiger partial charge >= 0.3 is 0 Å². The number of aromatic nitrogens is 2. The molecule has 1 aliphatic heterocycles. The van der Waals surface area contributed by atoms with E-state index in [-0.39, 0.29) is 17.7 Å². The first-order valence-electron chi connectivity index (χ1n) is 12.3. The minimum atomic E-state index is -0.137. The number of nitrogens with one attached hydrogen (secondary N) is 2. The summed E-state index contributed by atoms with van der Waals surface area (Å²) >= 11 is 6.08. The van der Waals surface area contributed by atoms with Crippen molar-refractivity contribution in [1.29, 1.82) is 0 Å². The van der Waals surface area contributed by atoms with Gasteiger partial charge in [-0.1, -0.05) is 23.3 Å². The summed E-state index contributed by atoms with van der Waals surface area (Å²) in [7, 11) is 0. The molecule has 182 valence electrons. The van der Waals surface area contributed by atoms with Gasteiger partial charge in [0, 0.05) is 37.5 Å². The lowest BCUT2D eigenvalue weighted by atomic mass is 9.95. The van der Waals surface area contributed by atoms with Crippen LogP contribution in [0, 0.1) is 12.8 Å². The normalized spacial score (nSPS) is 16.8. The summed E-state index contributed by atoms with van der Waals surface area (Å²) < 4.78 is 1.86. The van der Waals surface area contributed by atoms with Gasteiger partial charge in [0.25, 0.3) is 0 Å². The van der Waals surface area contributed by atoms with Crippen molar-refractivity contribution in [3.8, 4) is 5.69 Å². The van der Waals surface area contributed by atoms with E-state index in [0.717, 1.165) is 43.0 Å². The van der Waals surface area contributed by atoms with Crippen LogP contribution in [-0.2, 0) is 9.59 Å². The average Bonchev–Trinajstić information content (AvgIpc) is 3.15. The fourth-order valence-corrected chi connectivity index (χ4v) is 4.99. The van der Waals surface area contributed by atoms with Crippen LogP contribution < -0.4 is 15.5 Å². The number of piperidine rings is 1. The highest BCUT2D eigenvalue weighted by Crippen LogP contribution is 2.35. The molecule has 0 saturated carbocycles. The van der Waals surface area contributed by atoms with Gasteiger partial charge in [-0.15, -0.1) is 0 Å². The van der Waals surface area contributed by atoms with Crippen LogP contribution in [0.2, 0.25) is 5.02 Å². The van der Waals surface area contributed by atoms with Crippen molar-refractivity contribution in [2.75, 3.05) is 29.9 Å². The van der Waals surface area contributed by atoms with Crippen molar-refractivity contribution < 1.29 is 9.59 Å². The first-order valence-corrected chi connectivity index (χ1v) is 12.6. The van der Waals surface area contributed by atoms with Crippen molar-refractivity contribution in [3.05, 3.63) is 46.6 Å². The first kappa shape index (κ1) is 24.3. The molecule has 2 heterocycles. The lowest BCUT2D eigenvalue weighted by Crippen LogP contribution is -2.41. The molecule has 4 rings (SSSR count). The minimum Gasteiger partial charge on any atom is -0.356 e. The number of rotatable bonds is 7. The maximum Gasteiger partial charge on any atom is 0.223 e. The molecule has 1 aromatic carbocycles. The second-order valence-electron chi connectivity index (χ2n) is 9.26. The standard InChI is InChI=1S/C26H34ClN5O2/c1-18-24(29-19(2)33)26(32(30-18)23-10-8-22(27)9-11-23)31-16-13-21(14-17-31)25(34)28-15-12-20-6-4-3-5-7-20/h6,8-11,21H,3-5,7,12-17H2,1-2H3,(H,28,34)(H,29,33). The molecule has 1 fully saturated rings. The van der Waals surface area contributed by atoms with Gasteiger partial charge in [0.15, 0.2) is 5.82 Å². The van der Waals surface area contributed by atoms with Crippen molar-refractivity contribution >= 4 is 34.9 Å². The van der Waals surface area contributed by atoms with Gasteiger partial charge in [0.2, 0.25) is 11.8 Å². The molecule has 1 aliphatic carbocycles. The SMILES string of the molecule is CC(=O)Nc1c(C)nn(-c2ccc(Cl)cc2)c1N1CCC(C(=O)NCCC2=CCCCC2)CC1. The number of allylic oxidation sites excluding steroid dienone is 1. The number of anilines is 2. The van der Waals surface area contributed by atoms with Crippen molar-refractivity contribution in [2.24, 2.45) is 5.92 Å². The van der Waals surface area contributed by atoms with E-state index in [1.165, 1.54) is 38.2 Å². The zero-order chi connectivity index (χ0) is 24.1. The van der Waals surface area contributed by atoms with Crippen LogP contribution in [0.4, 0.5) is 11.5 Å². The predicted octanol–water partition coefficient (Wildman–Crippen LogP) is 5.02. The van der Waals surface area contributed by atoms with E-state index in [2.05, 4.69) is 21.6 Å². The number of carbonyl (C=O) groups is 2. The molecular weight excluding hydrogens is 450 g/mol. The van der Waals surface area contributed by atoms with Crippen LogP contribution in [0.3, 0.4) is 0 Å². The van der Waals surface area contributed by atoms with Gasteiger partial charge in [-0.2, -0.15) is 5.10 Å². The van der Waals surface area contributed by atoms with Crippen LogP contribution in [0.5, 0.6) is 0 Å². The quantitative estimate of drug-likeness (QED) is 0.542. The second-order valence-corrected chi connectivity index (χ2v) is 9.70. The average molecular weight is 484 g/mol. The third-order valence-corrected chi connectivity index (χ3v) is 6.96. The highest BCUT2D eigenvalue weighted by atomic mass is 35.5. The molecule has 1 saturated heterocycles. The van der Waals surface area contributed by atoms with Crippen LogP contribution >= 0.6 is 11.6 Å². The largest absolute Gasteiger partial charge is 0.356 e. The Kier molecular flexibility index (Phi) is 7.93. The number of hydrogen-bond acceptors (Lipinski definition) is 4. The Hall–Kier alpha value is -2.80. The maximum absolute atomic E-state index is 12.8. The molecule has 2 aliphatic rings. The smallest absolute Gasteiger partial charge is 0.223 e. The lowest BCUT2D eigenvalue weighted by molar-refractivity contribution is -0.125. The summed E-state index contributed by atoms with van der Waals surface area (Å²) in [6, 6.07) is 7.49. The number of benzene rings is 1. The molecule has 0 unspecified atom stereocenters. The van der Waals surface area contributed by atoms with Crippen LogP contribution in [0.25, 0.3) is 5.69 Å². The summed E-state index contributed by atoms with van der Waals surface area (Å²) in [6.07, 6.45) is 9.73. The molecule has 0 spiro atoms. The molecule has 0 bridgehead atoms. The minimum absolute atomic E-state index is 0.00815. The van der Waals surface area contributed by atoms with Crippen molar-refractivity contribution in [2.45, 2.75) is 58.8 Å². The molecule has 8 heteroatoms. The third kappa shape index (κ3) is 5.81. The van der Waals surface area contributed by atoms with Gasteiger partial charge in [-0.05, 0) is 76.1 Å². The zero-order valence-electron chi connectivity index (χ0n) is 20.1. The zero-order valence-corrected chi connectivity index (χ0v) is 20.8. The van der Waals surface area contributed by atoms with Crippen molar-refractivity contribution in [1.82, 2.24) is 15.1 Å². The van der Waals surface area contributed by atoms with E-state index in [1.54, 1.807) is 0 Å². The summed E-state index contributed by atoms with van der Waals surface area (Å²) in [5.41, 5.74) is 3.82. The van der Waals surface area contributed by atoms with Gasteiger partial charge in [0.1, 0.15) is 5.69 Å². The first-order chi connectivity index (χ1) is 16.4. The Morgan fingerprint density at radius 2 is 1.88 bits per heavy atom. The predicted molar refractivity (Wildman–Crippen MR) is 137 cm³/mol. The van der Waals surface area contributed by atoms with Gasteiger partial charge in [-0.25, -0.2) is 4.68 Å². The fraction of sp³-hybridized carbons (Fsp3) is 0.500. The monoisotopic (exact) mass is 483 g/mol. The van der Waals surface area contributed by atoms with Gasteiger partial charge < -0.3 is 15.5 Å². The van der Waals surface area contributed by atoms with Crippen LogP contribution in [-0.4, -0.2) is 41.2 Å². The Bertz CT molecular complexity index is 1050. The van der Waals surface area contributed by atoms with E-state index in [4.69, 9.17) is 16.7 Å². The Morgan fingerprint density at radius 3 is 2.53 bits per heavy atom. The van der Waals surface area contributed by atoms with Gasteiger partial charge in [0.05, 0.1) is 11.4 Å². The number of hydrogen-bond donors (Lipinski definition) is 2. The summed E-state index contributed by atoms with van der Waals surface area (Å²) in [5, 5.41) is 11.5. The second kappa shape index (κ2) is 11.1. The van der Waals surface area contributed by atoms with E-state index in [9.17, 15) is 9.59 Å². The van der Waals surface area contributed by atoms with E-state index in [0.29, 0.717) is 23.8 Å². The number of halogens is 1. The summed E-state index contributed by atoms with van der Waals surface area (Å²) in [6.45, 7) is 5.55. The van der Waals surface area contributed by atoms with E-state index < -0.39 is 0 Å². The summed E-state index contributed by atoms with van der Waals surface area (Å²) in [4.78, 5) is 26.9. The highest BCUT2D eigenvalue weighted by molar-refractivity contribution is 6.30. The number of amides is 2. The molecule has 2 aromatic rings. The molecule has 34 heavy (non-hydrogen) atoms. The van der Waals surface area contributed by atoms with E-state index >= 15 is 0 Å². The number of aryl methyl sites for hydroxylation is 1. The Labute approximate surface area is 206 Å². The fourth-order valence-electron chi connectivity index (χ4n) is 4.87. The molecule has 2 amide bonds. The summed E-state index contributed by atoms with van der Waals surface area (Å²) in [5.74, 6) is 0.870. The molecule has 2 N–H and O–H groups in total. The van der Waals surface area contributed by atoms with E-state index in [1.807, 2.05) is 35.9 Å². The lowest BCUT2D eigenvalue weighted by Gasteiger charge is -2.33. The molecule has 1 aromatic heterocycles. The maximum atomic E-state index is 12.8.